The monoisotopic (exact) mass is 319 g/mol. The van der Waals surface area contributed by atoms with Gasteiger partial charge in [-0.25, -0.2) is 0 Å². The molecule has 3 aromatic rings. The standard InChI is InChI=1S/C20H21N3O/c1-14-7-9-17(10-8-14)22-20(24)19-12-15(2)23(16(19)3)13-18-6-4-5-11-21-18/h4-12H,13H2,1-3H3,(H,22,24). The number of nitrogens with zero attached hydrogens (tertiary/aromatic N) is 2. The Hall–Kier alpha value is -2.88. The maximum Gasteiger partial charge on any atom is 0.257 e. The fourth-order valence-corrected chi connectivity index (χ4v) is 2.76. The van der Waals surface area contributed by atoms with Gasteiger partial charge in [-0.2, -0.15) is 0 Å². The molecule has 0 fully saturated rings. The molecule has 0 aliphatic rings. The second kappa shape index (κ2) is 6.71. The summed E-state index contributed by atoms with van der Waals surface area (Å²) < 4.78 is 2.12. The Morgan fingerprint density at radius 2 is 1.83 bits per heavy atom. The van der Waals surface area contributed by atoms with Crippen LogP contribution in [0.1, 0.15) is 33.0 Å². The summed E-state index contributed by atoms with van der Waals surface area (Å²) in [6, 6.07) is 15.6. The molecule has 24 heavy (non-hydrogen) atoms. The van der Waals surface area contributed by atoms with E-state index in [1.165, 1.54) is 5.56 Å². The molecule has 0 bridgehead atoms. The summed E-state index contributed by atoms with van der Waals surface area (Å²) >= 11 is 0. The number of benzene rings is 1. The van der Waals surface area contributed by atoms with Gasteiger partial charge in [-0.1, -0.05) is 23.8 Å². The van der Waals surface area contributed by atoms with Crippen LogP contribution in [-0.2, 0) is 6.54 Å². The van der Waals surface area contributed by atoms with Crippen LogP contribution >= 0.6 is 0 Å². The number of anilines is 1. The maximum atomic E-state index is 12.6. The van der Waals surface area contributed by atoms with E-state index in [9.17, 15) is 4.79 Å². The Kier molecular flexibility index (Phi) is 4.47. The van der Waals surface area contributed by atoms with E-state index in [4.69, 9.17) is 0 Å². The fraction of sp³-hybridized carbons (Fsp3) is 0.200. The topological polar surface area (TPSA) is 46.9 Å². The highest BCUT2D eigenvalue weighted by molar-refractivity contribution is 6.05. The van der Waals surface area contributed by atoms with E-state index in [-0.39, 0.29) is 5.91 Å². The van der Waals surface area contributed by atoms with Crippen molar-refractivity contribution < 1.29 is 4.79 Å². The number of rotatable bonds is 4. The van der Waals surface area contributed by atoms with Crippen LogP contribution in [0, 0.1) is 20.8 Å². The lowest BCUT2D eigenvalue weighted by Crippen LogP contribution is -2.13. The van der Waals surface area contributed by atoms with Gasteiger partial charge < -0.3 is 9.88 Å². The summed E-state index contributed by atoms with van der Waals surface area (Å²) in [4.78, 5) is 17.0. The van der Waals surface area contributed by atoms with Gasteiger partial charge in [0.25, 0.3) is 5.91 Å². The Labute approximate surface area is 142 Å². The zero-order valence-electron chi connectivity index (χ0n) is 14.2. The number of amides is 1. The zero-order valence-corrected chi connectivity index (χ0v) is 14.2. The van der Waals surface area contributed by atoms with Gasteiger partial charge in [0.2, 0.25) is 0 Å². The highest BCUT2D eigenvalue weighted by atomic mass is 16.1. The first kappa shape index (κ1) is 16.0. The summed E-state index contributed by atoms with van der Waals surface area (Å²) in [6.45, 7) is 6.67. The predicted molar refractivity (Wildman–Crippen MR) is 96.4 cm³/mol. The summed E-state index contributed by atoms with van der Waals surface area (Å²) in [6.07, 6.45) is 1.79. The molecule has 0 unspecified atom stereocenters. The Morgan fingerprint density at radius 3 is 2.50 bits per heavy atom. The third kappa shape index (κ3) is 3.38. The highest BCUT2D eigenvalue weighted by Gasteiger charge is 2.16. The number of carbonyl (C=O) groups excluding carboxylic acids is 1. The van der Waals surface area contributed by atoms with E-state index >= 15 is 0 Å². The Morgan fingerprint density at radius 1 is 1.08 bits per heavy atom. The van der Waals surface area contributed by atoms with Crippen molar-refractivity contribution in [1.82, 2.24) is 9.55 Å². The molecule has 0 spiro atoms. The minimum absolute atomic E-state index is 0.0841. The van der Waals surface area contributed by atoms with E-state index in [1.54, 1.807) is 6.20 Å². The summed E-state index contributed by atoms with van der Waals surface area (Å²) in [5.74, 6) is -0.0841. The van der Waals surface area contributed by atoms with Gasteiger partial charge in [0, 0.05) is 23.3 Å². The molecule has 1 aromatic carbocycles. The van der Waals surface area contributed by atoms with Crippen molar-refractivity contribution in [2.45, 2.75) is 27.3 Å². The minimum Gasteiger partial charge on any atom is -0.342 e. The van der Waals surface area contributed by atoms with Gasteiger partial charge in [0.15, 0.2) is 0 Å². The molecular formula is C20H21N3O. The van der Waals surface area contributed by atoms with Gasteiger partial charge in [-0.15, -0.1) is 0 Å². The van der Waals surface area contributed by atoms with Crippen LogP contribution < -0.4 is 5.32 Å². The van der Waals surface area contributed by atoms with Crippen molar-refractivity contribution in [1.29, 1.82) is 0 Å². The minimum atomic E-state index is -0.0841. The van der Waals surface area contributed by atoms with Gasteiger partial charge in [0.05, 0.1) is 17.8 Å². The van der Waals surface area contributed by atoms with Gasteiger partial charge in [-0.05, 0) is 51.1 Å². The Bertz CT molecular complexity index is 849. The Balaban J connectivity index is 1.82. The number of hydrogen-bond donors (Lipinski definition) is 1. The van der Waals surface area contributed by atoms with E-state index in [0.29, 0.717) is 12.1 Å². The molecule has 0 aliphatic carbocycles. The first-order valence-corrected chi connectivity index (χ1v) is 7.99. The van der Waals surface area contributed by atoms with Gasteiger partial charge in [-0.3, -0.25) is 9.78 Å². The van der Waals surface area contributed by atoms with E-state index in [0.717, 1.165) is 22.8 Å². The second-order valence-electron chi connectivity index (χ2n) is 6.01. The van der Waals surface area contributed by atoms with Crippen molar-refractivity contribution in [3.05, 3.63) is 82.9 Å². The van der Waals surface area contributed by atoms with Crippen molar-refractivity contribution >= 4 is 11.6 Å². The van der Waals surface area contributed by atoms with Crippen LogP contribution in [0.3, 0.4) is 0 Å². The molecule has 0 radical (unpaired) electrons. The average molecular weight is 319 g/mol. The summed E-state index contributed by atoms with van der Waals surface area (Å²) in [5.41, 5.74) is 5.64. The van der Waals surface area contributed by atoms with E-state index < -0.39 is 0 Å². The zero-order chi connectivity index (χ0) is 17.1. The van der Waals surface area contributed by atoms with Crippen LogP contribution in [0.4, 0.5) is 5.69 Å². The molecule has 2 heterocycles. The molecule has 0 saturated carbocycles. The molecule has 2 aromatic heterocycles. The van der Waals surface area contributed by atoms with E-state index in [1.807, 2.05) is 69.3 Å². The first-order valence-electron chi connectivity index (χ1n) is 7.99. The second-order valence-corrected chi connectivity index (χ2v) is 6.01. The predicted octanol–water partition coefficient (Wildman–Crippen LogP) is 4.11. The number of carbonyl (C=O) groups is 1. The number of pyridine rings is 1. The van der Waals surface area contributed by atoms with Crippen molar-refractivity contribution in [2.24, 2.45) is 0 Å². The number of nitrogens with one attached hydrogen (secondary N) is 1. The molecule has 0 aliphatic heterocycles. The average Bonchev–Trinajstić information content (AvgIpc) is 2.86. The number of aromatic nitrogens is 2. The molecule has 4 nitrogen and oxygen atoms in total. The molecule has 1 N–H and O–H groups in total. The third-order valence-electron chi connectivity index (χ3n) is 4.17. The van der Waals surface area contributed by atoms with Crippen molar-refractivity contribution in [2.75, 3.05) is 5.32 Å². The van der Waals surface area contributed by atoms with Gasteiger partial charge >= 0.3 is 0 Å². The number of hydrogen-bond acceptors (Lipinski definition) is 2. The van der Waals surface area contributed by atoms with Crippen LogP contribution in [-0.4, -0.2) is 15.5 Å². The maximum absolute atomic E-state index is 12.6. The smallest absolute Gasteiger partial charge is 0.257 e. The van der Waals surface area contributed by atoms with Gasteiger partial charge in [0.1, 0.15) is 0 Å². The third-order valence-corrected chi connectivity index (χ3v) is 4.17. The van der Waals surface area contributed by atoms with Crippen LogP contribution in [0.15, 0.2) is 54.7 Å². The van der Waals surface area contributed by atoms with Crippen LogP contribution in [0.2, 0.25) is 0 Å². The lowest BCUT2D eigenvalue weighted by Gasteiger charge is -2.10. The van der Waals surface area contributed by atoms with E-state index in [2.05, 4.69) is 14.9 Å². The summed E-state index contributed by atoms with van der Waals surface area (Å²) in [7, 11) is 0. The molecule has 0 atom stereocenters. The SMILES string of the molecule is Cc1ccc(NC(=O)c2cc(C)n(Cc3ccccn3)c2C)cc1. The fourth-order valence-electron chi connectivity index (χ4n) is 2.76. The normalized spacial score (nSPS) is 10.6. The van der Waals surface area contributed by atoms with Crippen molar-refractivity contribution in [3.8, 4) is 0 Å². The lowest BCUT2D eigenvalue weighted by atomic mass is 10.2. The lowest BCUT2D eigenvalue weighted by molar-refractivity contribution is 0.102. The molecule has 0 saturated heterocycles. The van der Waals surface area contributed by atoms with Crippen LogP contribution in [0.5, 0.6) is 0 Å². The molecular weight excluding hydrogens is 298 g/mol. The highest BCUT2D eigenvalue weighted by Crippen LogP contribution is 2.18. The molecule has 122 valence electrons. The molecule has 3 rings (SSSR count). The quantitative estimate of drug-likeness (QED) is 0.786. The molecule has 4 heteroatoms. The summed E-state index contributed by atoms with van der Waals surface area (Å²) in [5, 5.41) is 2.96. The van der Waals surface area contributed by atoms with Crippen LogP contribution in [0.25, 0.3) is 0 Å². The molecule has 1 amide bonds. The number of aryl methyl sites for hydroxylation is 2. The first-order chi connectivity index (χ1) is 11.5. The largest absolute Gasteiger partial charge is 0.342 e. The van der Waals surface area contributed by atoms with Crippen molar-refractivity contribution in [3.63, 3.8) is 0 Å².